The number of carbonyl (C=O) groups excluding carboxylic acids is 1. The van der Waals surface area contributed by atoms with Gasteiger partial charge in [0.05, 0.1) is 12.2 Å². The maximum Gasteiger partial charge on any atom is 0.338 e. The lowest BCUT2D eigenvalue weighted by molar-refractivity contribution is -0.139. The van der Waals surface area contributed by atoms with E-state index < -0.39 is 12.0 Å². The average Bonchev–Trinajstić information content (AvgIpc) is 3.34. The minimum absolute atomic E-state index is 0.237. The first kappa shape index (κ1) is 26.8. The molecule has 0 aliphatic carbocycles. The standard InChI is InChI=1S/C29H26ClFN4O3S/c1-3-37-27(36)25-18(2)32-28-33-29(39-17-21-7-4-5-10-24(21)31)34-35(28)26(25)20-8-6-9-23(15-20)38-16-19-11-13-22(30)14-12-19/h4-15,26H,3,16-17H2,1-2H3,(H,32,33,34). The van der Waals surface area contributed by atoms with E-state index >= 15 is 0 Å². The van der Waals surface area contributed by atoms with Crippen molar-refractivity contribution in [1.82, 2.24) is 14.8 Å². The Labute approximate surface area is 235 Å². The number of halogens is 2. The van der Waals surface area contributed by atoms with Gasteiger partial charge in [-0.05, 0) is 60.9 Å². The first-order valence-electron chi connectivity index (χ1n) is 12.4. The highest BCUT2D eigenvalue weighted by molar-refractivity contribution is 7.98. The van der Waals surface area contributed by atoms with Crippen molar-refractivity contribution in [2.24, 2.45) is 0 Å². The van der Waals surface area contributed by atoms with Gasteiger partial charge in [-0.25, -0.2) is 13.9 Å². The Morgan fingerprint density at radius 2 is 1.92 bits per heavy atom. The molecule has 1 aliphatic rings. The van der Waals surface area contributed by atoms with Gasteiger partial charge >= 0.3 is 5.97 Å². The monoisotopic (exact) mass is 564 g/mol. The Balaban J connectivity index is 1.45. The maximum atomic E-state index is 14.1. The molecule has 0 radical (unpaired) electrons. The van der Waals surface area contributed by atoms with Gasteiger partial charge in [-0.3, -0.25) is 0 Å². The van der Waals surface area contributed by atoms with Gasteiger partial charge in [0.1, 0.15) is 24.2 Å². The van der Waals surface area contributed by atoms with Gasteiger partial charge in [0, 0.05) is 16.5 Å². The fourth-order valence-electron chi connectivity index (χ4n) is 4.25. The fraction of sp³-hybridized carbons (Fsp3) is 0.207. The summed E-state index contributed by atoms with van der Waals surface area (Å²) in [7, 11) is 0. The van der Waals surface area contributed by atoms with Crippen LogP contribution >= 0.6 is 23.4 Å². The van der Waals surface area contributed by atoms with Crippen LogP contribution in [0, 0.1) is 5.82 Å². The van der Waals surface area contributed by atoms with Crippen molar-refractivity contribution < 1.29 is 18.7 Å². The van der Waals surface area contributed by atoms with Crippen molar-refractivity contribution >= 4 is 35.3 Å². The summed E-state index contributed by atoms with van der Waals surface area (Å²) in [4.78, 5) is 17.7. The molecule has 10 heteroatoms. The Hall–Kier alpha value is -3.82. The quantitative estimate of drug-likeness (QED) is 0.177. The maximum absolute atomic E-state index is 14.1. The lowest BCUT2D eigenvalue weighted by atomic mass is 9.95. The molecule has 1 aliphatic heterocycles. The van der Waals surface area contributed by atoms with E-state index in [9.17, 15) is 9.18 Å². The van der Waals surface area contributed by atoms with Crippen LogP contribution in [0.25, 0.3) is 0 Å². The van der Waals surface area contributed by atoms with Gasteiger partial charge in [-0.1, -0.05) is 65.8 Å². The second-order valence-electron chi connectivity index (χ2n) is 8.82. The van der Waals surface area contributed by atoms with Crippen LogP contribution in [0.15, 0.2) is 89.2 Å². The zero-order chi connectivity index (χ0) is 27.4. The van der Waals surface area contributed by atoms with E-state index in [1.54, 1.807) is 29.8 Å². The predicted octanol–water partition coefficient (Wildman–Crippen LogP) is 6.79. The number of fused-ring (bicyclic) bond motifs is 1. The number of hydrogen-bond acceptors (Lipinski definition) is 7. The molecular formula is C29H26ClFN4O3S. The molecule has 1 unspecified atom stereocenters. The zero-order valence-corrected chi connectivity index (χ0v) is 22.9. The minimum atomic E-state index is -0.602. The van der Waals surface area contributed by atoms with E-state index in [0.29, 0.717) is 51.1 Å². The topological polar surface area (TPSA) is 78.3 Å². The Bertz CT molecular complexity index is 1520. The van der Waals surface area contributed by atoms with Gasteiger partial charge in [-0.2, -0.15) is 4.98 Å². The lowest BCUT2D eigenvalue weighted by Gasteiger charge is -2.28. The van der Waals surface area contributed by atoms with E-state index in [-0.39, 0.29) is 12.4 Å². The molecule has 4 aromatic rings. The van der Waals surface area contributed by atoms with Crippen molar-refractivity contribution in [2.45, 2.75) is 37.4 Å². The number of hydrogen-bond donors (Lipinski definition) is 1. The molecule has 5 rings (SSSR count). The summed E-state index contributed by atoms with van der Waals surface area (Å²) in [5, 5.41) is 9.00. The van der Waals surface area contributed by atoms with E-state index in [2.05, 4.69) is 10.3 Å². The van der Waals surface area contributed by atoms with Crippen molar-refractivity contribution in [3.63, 3.8) is 0 Å². The molecule has 2 heterocycles. The van der Waals surface area contributed by atoms with Crippen LogP contribution in [0.1, 0.15) is 36.6 Å². The number of esters is 1. The summed E-state index contributed by atoms with van der Waals surface area (Å²) in [6, 6.07) is 21.0. The summed E-state index contributed by atoms with van der Waals surface area (Å²) in [5.74, 6) is 0.766. The molecule has 3 aromatic carbocycles. The van der Waals surface area contributed by atoms with Crippen molar-refractivity contribution in [3.05, 3.63) is 112 Å². The highest BCUT2D eigenvalue weighted by Gasteiger charge is 2.35. The molecule has 0 saturated carbocycles. The third-order valence-corrected chi connectivity index (χ3v) is 7.27. The number of carbonyl (C=O) groups is 1. The Morgan fingerprint density at radius 1 is 1.13 bits per heavy atom. The molecule has 0 bridgehead atoms. The van der Waals surface area contributed by atoms with Crippen LogP contribution < -0.4 is 10.1 Å². The first-order chi connectivity index (χ1) is 18.9. The number of benzene rings is 3. The van der Waals surface area contributed by atoms with E-state index in [1.807, 2.05) is 55.5 Å². The number of ether oxygens (including phenoxy) is 2. The Kier molecular flexibility index (Phi) is 8.18. The van der Waals surface area contributed by atoms with Gasteiger partial charge in [0.25, 0.3) is 0 Å². The second kappa shape index (κ2) is 11.9. The summed E-state index contributed by atoms with van der Waals surface area (Å²) in [6.07, 6.45) is 0. The number of rotatable bonds is 9. The third kappa shape index (κ3) is 6.10. The summed E-state index contributed by atoms with van der Waals surface area (Å²) in [5.41, 5.74) is 3.37. The Morgan fingerprint density at radius 3 is 2.69 bits per heavy atom. The average molecular weight is 565 g/mol. The molecule has 0 spiro atoms. The highest BCUT2D eigenvalue weighted by Crippen LogP contribution is 2.38. The molecule has 200 valence electrons. The van der Waals surface area contributed by atoms with Crippen LogP contribution in [0.5, 0.6) is 5.75 Å². The first-order valence-corrected chi connectivity index (χ1v) is 13.7. The summed E-state index contributed by atoms with van der Waals surface area (Å²) < 4.78 is 27.3. The van der Waals surface area contributed by atoms with Crippen molar-refractivity contribution in [2.75, 3.05) is 11.9 Å². The second-order valence-corrected chi connectivity index (χ2v) is 10.2. The normalized spacial score (nSPS) is 14.5. The molecule has 39 heavy (non-hydrogen) atoms. The van der Waals surface area contributed by atoms with Crippen LogP contribution in [-0.2, 0) is 21.9 Å². The number of thioether (sulfide) groups is 1. The lowest BCUT2D eigenvalue weighted by Crippen LogP contribution is -2.29. The molecular weight excluding hydrogens is 539 g/mol. The molecule has 0 saturated heterocycles. The number of nitrogens with one attached hydrogen (secondary N) is 1. The highest BCUT2D eigenvalue weighted by atomic mass is 35.5. The van der Waals surface area contributed by atoms with E-state index in [4.69, 9.17) is 26.2 Å². The van der Waals surface area contributed by atoms with Crippen molar-refractivity contribution in [1.29, 1.82) is 0 Å². The van der Waals surface area contributed by atoms with Crippen LogP contribution in [0.4, 0.5) is 10.3 Å². The van der Waals surface area contributed by atoms with E-state index in [0.717, 1.165) is 11.1 Å². The predicted molar refractivity (Wildman–Crippen MR) is 149 cm³/mol. The molecule has 0 amide bonds. The van der Waals surface area contributed by atoms with Gasteiger partial charge in [0.15, 0.2) is 0 Å². The van der Waals surface area contributed by atoms with Gasteiger partial charge in [0.2, 0.25) is 11.1 Å². The van der Waals surface area contributed by atoms with Crippen LogP contribution in [0.3, 0.4) is 0 Å². The molecule has 7 nitrogen and oxygen atoms in total. The molecule has 1 aromatic heterocycles. The molecule has 0 fully saturated rings. The number of nitrogens with zero attached hydrogens (tertiary/aromatic N) is 3. The van der Waals surface area contributed by atoms with Gasteiger partial charge in [-0.15, -0.1) is 5.10 Å². The van der Waals surface area contributed by atoms with Crippen molar-refractivity contribution in [3.8, 4) is 5.75 Å². The summed E-state index contributed by atoms with van der Waals surface area (Å²) in [6.45, 7) is 4.17. The summed E-state index contributed by atoms with van der Waals surface area (Å²) >= 11 is 7.31. The number of aromatic nitrogens is 3. The SMILES string of the molecule is CCOC(=O)C1=C(C)Nc2nc(SCc3ccccc3F)nn2C1c1cccc(OCc2ccc(Cl)cc2)c1. The minimum Gasteiger partial charge on any atom is -0.489 e. The van der Waals surface area contributed by atoms with E-state index in [1.165, 1.54) is 17.8 Å². The largest absolute Gasteiger partial charge is 0.489 e. The zero-order valence-electron chi connectivity index (χ0n) is 21.4. The van der Waals surface area contributed by atoms with Gasteiger partial charge < -0.3 is 14.8 Å². The molecule has 1 N–H and O–H groups in total. The van der Waals surface area contributed by atoms with Crippen LogP contribution in [-0.4, -0.2) is 27.3 Å². The van der Waals surface area contributed by atoms with Crippen LogP contribution in [0.2, 0.25) is 5.02 Å². The molecule has 1 atom stereocenters. The smallest absolute Gasteiger partial charge is 0.338 e. The fourth-order valence-corrected chi connectivity index (χ4v) is 5.19. The third-order valence-electron chi connectivity index (χ3n) is 6.14. The number of allylic oxidation sites excluding steroid dienone is 1. The number of anilines is 1.